The van der Waals surface area contributed by atoms with Crippen LogP contribution in [0.1, 0.15) is 37.6 Å². The molecule has 0 bridgehead atoms. The molecule has 0 aliphatic rings. The lowest BCUT2D eigenvalue weighted by Crippen LogP contribution is -2.33. The molecule has 1 rings (SSSR count). The Balaban J connectivity index is 2.26. The molecule has 1 aromatic heterocycles. The fourth-order valence-electron chi connectivity index (χ4n) is 1.29. The van der Waals surface area contributed by atoms with Crippen LogP contribution in [-0.2, 0) is 4.79 Å². The highest BCUT2D eigenvalue weighted by Gasteiger charge is 2.11. The summed E-state index contributed by atoms with van der Waals surface area (Å²) in [6.45, 7) is 4.66. The van der Waals surface area contributed by atoms with Crippen LogP contribution in [0.2, 0.25) is 0 Å². The van der Waals surface area contributed by atoms with E-state index < -0.39 is 0 Å². The van der Waals surface area contributed by atoms with Crippen LogP contribution in [0.5, 0.6) is 0 Å². The zero-order valence-electron chi connectivity index (χ0n) is 9.77. The van der Waals surface area contributed by atoms with Crippen molar-refractivity contribution in [1.82, 2.24) is 10.3 Å². The third-order valence-corrected chi connectivity index (χ3v) is 3.46. The average molecular weight is 241 g/mol. The van der Waals surface area contributed by atoms with Crippen molar-refractivity contribution >= 4 is 17.2 Å². The van der Waals surface area contributed by atoms with Gasteiger partial charge in [0.2, 0.25) is 5.91 Å². The Labute approximate surface area is 100 Å². The van der Waals surface area contributed by atoms with E-state index in [0.717, 1.165) is 11.4 Å². The smallest absolute Gasteiger partial charge is 0.221 e. The summed E-state index contributed by atoms with van der Waals surface area (Å²) in [6, 6.07) is -0.0323. The SMILES string of the molecule is CCC(N)CC(=O)NCC(C)c1nccs1. The molecule has 0 fully saturated rings. The van der Waals surface area contributed by atoms with Gasteiger partial charge in [-0.3, -0.25) is 4.79 Å². The van der Waals surface area contributed by atoms with Gasteiger partial charge < -0.3 is 11.1 Å². The van der Waals surface area contributed by atoms with Gasteiger partial charge in [0, 0.05) is 36.5 Å². The standard InChI is InChI=1S/C11H19N3OS/c1-3-9(12)6-10(15)14-7-8(2)11-13-4-5-16-11/h4-5,8-9H,3,6-7,12H2,1-2H3,(H,14,15). The fraction of sp³-hybridized carbons (Fsp3) is 0.636. The van der Waals surface area contributed by atoms with Gasteiger partial charge in [-0.25, -0.2) is 4.98 Å². The van der Waals surface area contributed by atoms with Crippen LogP contribution >= 0.6 is 11.3 Å². The molecule has 1 amide bonds. The molecule has 90 valence electrons. The first kappa shape index (κ1) is 13.1. The first-order valence-corrected chi connectivity index (χ1v) is 6.43. The number of rotatable bonds is 6. The van der Waals surface area contributed by atoms with Crippen LogP contribution in [0.15, 0.2) is 11.6 Å². The summed E-state index contributed by atoms with van der Waals surface area (Å²) in [6.07, 6.45) is 3.02. The highest BCUT2D eigenvalue weighted by Crippen LogP contribution is 2.16. The largest absolute Gasteiger partial charge is 0.355 e. The van der Waals surface area contributed by atoms with E-state index in [1.54, 1.807) is 17.5 Å². The Kier molecular flexibility index (Phi) is 5.42. The van der Waals surface area contributed by atoms with Crippen molar-refractivity contribution in [3.05, 3.63) is 16.6 Å². The minimum atomic E-state index is -0.0323. The van der Waals surface area contributed by atoms with Gasteiger partial charge in [0.1, 0.15) is 0 Å². The van der Waals surface area contributed by atoms with Crippen molar-refractivity contribution in [3.8, 4) is 0 Å². The second-order valence-corrected chi connectivity index (χ2v) is 4.87. The third-order valence-electron chi connectivity index (χ3n) is 2.45. The summed E-state index contributed by atoms with van der Waals surface area (Å²) < 4.78 is 0. The molecule has 0 aliphatic carbocycles. The Morgan fingerprint density at radius 3 is 3.00 bits per heavy atom. The zero-order valence-corrected chi connectivity index (χ0v) is 10.6. The van der Waals surface area contributed by atoms with Gasteiger partial charge in [-0.15, -0.1) is 11.3 Å². The maximum atomic E-state index is 11.5. The number of nitrogens with zero attached hydrogens (tertiary/aromatic N) is 1. The second-order valence-electron chi connectivity index (χ2n) is 3.95. The van der Waals surface area contributed by atoms with Crippen molar-refractivity contribution in [3.63, 3.8) is 0 Å². The summed E-state index contributed by atoms with van der Waals surface area (Å²) in [5.41, 5.74) is 5.70. The topological polar surface area (TPSA) is 68.0 Å². The number of amides is 1. The minimum Gasteiger partial charge on any atom is -0.355 e. The van der Waals surface area contributed by atoms with Crippen molar-refractivity contribution in [2.24, 2.45) is 5.73 Å². The highest BCUT2D eigenvalue weighted by atomic mass is 32.1. The van der Waals surface area contributed by atoms with Crippen LogP contribution in [0.3, 0.4) is 0 Å². The van der Waals surface area contributed by atoms with E-state index in [4.69, 9.17) is 5.73 Å². The van der Waals surface area contributed by atoms with Crippen molar-refractivity contribution in [2.45, 2.75) is 38.6 Å². The van der Waals surface area contributed by atoms with E-state index in [2.05, 4.69) is 17.2 Å². The van der Waals surface area contributed by atoms with Gasteiger partial charge in [-0.2, -0.15) is 0 Å². The number of aromatic nitrogens is 1. The zero-order chi connectivity index (χ0) is 12.0. The molecule has 0 radical (unpaired) electrons. The Bertz CT molecular complexity index is 313. The Hall–Kier alpha value is -0.940. The summed E-state index contributed by atoms with van der Waals surface area (Å²) in [4.78, 5) is 15.7. The Morgan fingerprint density at radius 2 is 2.44 bits per heavy atom. The summed E-state index contributed by atoms with van der Waals surface area (Å²) in [5, 5.41) is 5.88. The van der Waals surface area contributed by atoms with E-state index in [1.165, 1.54) is 0 Å². The molecule has 0 saturated heterocycles. The minimum absolute atomic E-state index is 0.0257. The van der Waals surface area contributed by atoms with Crippen LogP contribution < -0.4 is 11.1 Å². The summed E-state index contributed by atoms with van der Waals surface area (Å²) >= 11 is 1.61. The van der Waals surface area contributed by atoms with E-state index in [0.29, 0.717) is 13.0 Å². The number of hydrogen-bond donors (Lipinski definition) is 2. The number of carbonyl (C=O) groups excluding carboxylic acids is 1. The number of nitrogens with one attached hydrogen (secondary N) is 1. The van der Waals surface area contributed by atoms with Crippen LogP contribution in [0.25, 0.3) is 0 Å². The molecule has 0 aromatic carbocycles. The van der Waals surface area contributed by atoms with E-state index in [-0.39, 0.29) is 17.9 Å². The fourth-order valence-corrected chi connectivity index (χ4v) is 1.99. The van der Waals surface area contributed by atoms with Gasteiger partial charge in [-0.1, -0.05) is 13.8 Å². The molecule has 2 atom stereocenters. The van der Waals surface area contributed by atoms with Gasteiger partial charge in [-0.05, 0) is 6.42 Å². The lowest BCUT2D eigenvalue weighted by atomic mass is 10.1. The molecule has 4 nitrogen and oxygen atoms in total. The molecule has 5 heteroatoms. The van der Waals surface area contributed by atoms with Crippen LogP contribution in [0, 0.1) is 0 Å². The molecule has 2 unspecified atom stereocenters. The van der Waals surface area contributed by atoms with Gasteiger partial charge >= 0.3 is 0 Å². The van der Waals surface area contributed by atoms with Gasteiger partial charge in [0.25, 0.3) is 0 Å². The molecule has 3 N–H and O–H groups in total. The molecule has 1 aromatic rings. The maximum Gasteiger partial charge on any atom is 0.221 e. The van der Waals surface area contributed by atoms with E-state index in [9.17, 15) is 4.79 Å². The quantitative estimate of drug-likeness (QED) is 0.793. The second kappa shape index (κ2) is 6.60. The van der Waals surface area contributed by atoms with Crippen molar-refractivity contribution in [1.29, 1.82) is 0 Å². The number of nitrogens with two attached hydrogens (primary N) is 1. The highest BCUT2D eigenvalue weighted by molar-refractivity contribution is 7.09. The Morgan fingerprint density at radius 1 is 1.69 bits per heavy atom. The van der Waals surface area contributed by atoms with Crippen molar-refractivity contribution in [2.75, 3.05) is 6.54 Å². The van der Waals surface area contributed by atoms with Gasteiger partial charge in [0.05, 0.1) is 5.01 Å². The average Bonchev–Trinajstić information content (AvgIpc) is 2.79. The van der Waals surface area contributed by atoms with Crippen LogP contribution in [0.4, 0.5) is 0 Å². The molecular weight excluding hydrogens is 222 g/mol. The number of thiazole rings is 1. The third kappa shape index (κ3) is 4.28. The molecule has 0 aliphatic heterocycles. The van der Waals surface area contributed by atoms with Crippen LogP contribution in [-0.4, -0.2) is 23.5 Å². The summed E-state index contributed by atoms with van der Waals surface area (Å²) in [5.74, 6) is 0.291. The lowest BCUT2D eigenvalue weighted by molar-refractivity contribution is -0.121. The van der Waals surface area contributed by atoms with E-state index in [1.807, 2.05) is 12.3 Å². The molecule has 1 heterocycles. The molecular formula is C11H19N3OS. The first-order valence-electron chi connectivity index (χ1n) is 5.55. The monoisotopic (exact) mass is 241 g/mol. The lowest BCUT2D eigenvalue weighted by Gasteiger charge is -2.12. The normalized spacial score (nSPS) is 14.4. The van der Waals surface area contributed by atoms with E-state index >= 15 is 0 Å². The molecule has 0 spiro atoms. The van der Waals surface area contributed by atoms with Gasteiger partial charge in [0.15, 0.2) is 0 Å². The predicted molar refractivity (Wildman–Crippen MR) is 66.4 cm³/mol. The number of hydrogen-bond acceptors (Lipinski definition) is 4. The maximum absolute atomic E-state index is 11.5. The molecule has 0 saturated carbocycles. The number of carbonyl (C=O) groups is 1. The summed E-state index contributed by atoms with van der Waals surface area (Å²) in [7, 11) is 0. The van der Waals surface area contributed by atoms with Crippen molar-refractivity contribution < 1.29 is 4.79 Å². The predicted octanol–water partition coefficient (Wildman–Crippen LogP) is 1.49. The molecule has 16 heavy (non-hydrogen) atoms. The first-order chi connectivity index (χ1) is 7.63.